The van der Waals surface area contributed by atoms with Crippen molar-refractivity contribution in [1.29, 1.82) is 0 Å². The van der Waals surface area contributed by atoms with Gasteiger partial charge in [-0.15, -0.1) is 0 Å². The van der Waals surface area contributed by atoms with Crippen molar-refractivity contribution in [2.75, 3.05) is 44.8 Å². The molecule has 4 heterocycles. The average Bonchev–Trinajstić information content (AvgIpc) is 3.34. The maximum atomic E-state index is 13.9. The Morgan fingerprint density at radius 2 is 1.67 bits per heavy atom. The molecule has 3 saturated heterocycles. The Labute approximate surface area is 270 Å². The summed E-state index contributed by atoms with van der Waals surface area (Å²) in [5.74, 6) is 1.26. The summed E-state index contributed by atoms with van der Waals surface area (Å²) < 4.78 is 54.1. The Balaban J connectivity index is 1.08. The van der Waals surface area contributed by atoms with Gasteiger partial charge < -0.3 is 19.3 Å². The molecule has 1 unspecified atom stereocenters. The number of aromatic nitrogens is 2. The molecule has 0 aliphatic carbocycles. The highest BCUT2D eigenvalue weighted by molar-refractivity contribution is 7.89. The quantitative estimate of drug-likeness (QED) is 0.323. The number of carbonyl (C=O) groups excluding carboxylic acids is 1. The van der Waals surface area contributed by atoms with E-state index in [1.165, 1.54) is 12.1 Å². The van der Waals surface area contributed by atoms with Gasteiger partial charge in [-0.05, 0) is 93.0 Å². The van der Waals surface area contributed by atoms with Crippen LogP contribution in [0.1, 0.15) is 55.2 Å². The van der Waals surface area contributed by atoms with Crippen LogP contribution in [0.4, 0.5) is 10.2 Å². The van der Waals surface area contributed by atoms with E-state index < -0.39 is 10.0 Å². The van der Waals surface area contributed by atoms with E-state index >= 15 is 0 Å². The molecule has 3 aliphatic rings. The molecule has 0 radical (unpaired) electrons. The zero-order valence-corrected chi connectivity index (χ0v) is 27.6. The van der Waals surface area contributed by atoms with Crippen molar-refractivity contribution in [2.24, 2.45) is 5.41 Å². The summed E-state index contributed by atoms with van der Waals surface area (Å²) in [5.41, 5.74) is 1.86. The van der Waals surface area contributed by atoms with Crippen molar-refractivity contribution in [3.05, 3.63) is 71.2 Å². The second kappa shape index (κ2) is 13.2. The summed E-state index contributed by atoms with van der Waals surface area (Å²) >= 11 is 0. The molecule has 3 aliphatic heterocycles. The number of aryl methyl sites for hydroxylation is 2. The fourth-order valence-corrected chi connectivity index (χ4v) is 9.33. The predicted octanol–water partition coefficient (Wildman–Crippen LogP) is 4.88. The summed E-state index contributed by atoms with van der Waals surface area (Å²) in [6.07, 6.45) is 6.32. The van der Waals surface area contributed by atoms with E-state index in [1.807, 2.05) is 11.0 Å². The highest BCUT2D eigenvalue weighted by Crippen LogP contribution is 2.43. The van der Waals surface area contributed by atoms with E-state index in [1.54, 1.807) is 55.7 Å². The summed E-state index contributed by atoms with van der Waals surface area (Å²) in [4.78, 5) is 26.8. The number of nitrogens with zero attached hydrogens (tertiary/aromatic N) is 5. The van der Waals surface area contributed by atoms with Gasteiger partial charge in [0.1, 0.15) is 24.0 Å². The largest absolute Gasteiger partial charge is 0.497 e. The molecule has 2 aromatic carbocycles. The van der Waals surface area contributed by atoms with Crippen LogP contribution in [-0.4, -0.2) is 79.4 Å². The average molecular weight is 652 g/mol. The van der Waals surface area contributed by atoms with Crippen LogP contribution in [-0.2, 0) is 21.4 Å². The van der Waals surface area contributed by atoms with Gasteiger partial charge >= 0.3 is 6.01 Å². The fourth-order valence-electron chi connectivity index (χ4n) is 7.24. The van der Waals surface area contributed by atoms with Gasteiger partial charge in [-0.25, -0.2) is 17.8 Å². The summed E-state index contributed by atoms with van der Waals surface area (Å²) in [6, 6.07) is 11.6. The van der Waals surface area contributed by atoms with Crippen molar-refractivity contribution in [2.45, 2.75) is 69.9 Å². The molecule has 246 valence electrons. The third-order valence-electron chi connectivity index (χ3n) is 9.77. The number of ether oxygens (including phenoxy) is 2. The third-order valence-corrected chi connectivity index (χ3v) is 12.0. The maximum absolute atomic E-state index is 13.9. The number of rotatable bonds is 9. The number of sulfonamides is 1. The van der Waals surface area contributed by atoms with Gasteiger partial charge in [-0.3, -0.25) is 4.79 Å². The lowest BCUT2D eigenvalue weighted by molar-refractivity contribution is -0.137. The molecule has 46 heavy (non-hydrogen) atoms. The second-order valence-electron chi connectivity index (χ2n) is 12.7. The number of amides is 1. The predicted molar refractivity (Wildman–Crippen MR) is 172 cm³/mol. The van der Waals surface area contributed by atoms with Gasteiger partial charge in [0.25, 0.3) is 0 Å². The number of halogens is 1. The van der Waals surface area contributed by atoms with E-state index in [-0.39, 0.29) is 35.8 Å². The van der Waals surface area contributed by atoms with Gasteiger partial charge in [0.15, 0.2) is 0 Å². The Morgan fingerprint density at radius 1 is 0.978 bits per heavy atom. The molecule has 0 N–H and O–H groups in total. The molecule has 1 aromatic heterocycles. The Hall–Kier alpha value is -3.77. The zero-order valence-electron chi connectivity index (χ0n) is 26.7. The maximum Gasteiger partial charge on any atom is 0.318 e. The first kappa shape index (κ1) is 32.2. The van der Waals surface area contributed by atoms with Crippen LogP contribution < -0.4 is 14.4 Å². The smallest absolute Gasteiger partial charge is 0.318 e. The first-order chi connectivity index (χ1) is 22.1. The number of carbonyl (C=O) groups is 1. The van der Waals surface area contributed by atoms with E-state index in [9.17, 15) is 17.6 Å². The Morgan fingerprint density at radius 3 is 2.37 bits per heavy atom. The van der Waals surface area contributed by atoms with Crippen molar-refractivity contribution in [3.63, 3.8) is 0 Å². The fraction of sp³-hybridized carbons (Fsp3) is 0.500. The van der Waals surface area contributed by atoms with Crippen LogP contribution in [0.15, 0.2) is 53.6 Å². The topological polar surface area (TPSA) is 105 Å². The van der Waals surface area contributed by atoms with Crippen LogP contribution >= 0.6 is 0 Å². The minimum absolute atomic E-state index is 0.151. The molecule has 3 fully saturated rings. The molecule has 1 amide bonds. The highest BCUT2D eigenvalue weighted by atomic mass is 32.2. The van der Waals surface area contributed by atoms with Gasteiger partial charge in [0.05, 0.1) is 23.5 Å². The number of benzene rings is 2. The van der Waals surface area contributed by atoms with Crippen LogP contribution in [0.2, 0.25) is 0 Å². The molecule has 10 nitrogen and oxygen atoms in total. The molecule has 1 spiro atoms. The van der Waals surface area contributed by atoms with Crippen LogP contribution in [0, 0.1) is 25.1 Å². The normalized spacial score (nSPS) is 20.3. The molecule has 0 saturated carbocycles. The van der Waals surface area contributed by atoms with Crippen LogP contribution in [0.3, 0.4) is 0 Å². The van der Waals surface area contributed by atoms with E-state index in [2.05, 4.69) is 14.9 Å². The van der Waals surface area contributed by atoms with E-state index in [0.717, 1.165) is 43.5 Å². The van der Waals surface area contributed by atoms with Gasteiger partial charge in [-0.1, -0.05) is 18.6 Å². The minimum atomic E-state index is -3.76. The highest BCUT2D eigenvalue weighted by Gasteiger charge is 2.48. The lowest BCUT2D eigenvalue weighted by Crippen LogP contribution is -2.47. The SMILES string of the molecule is COc1cc(C)c(S(=O)(=O)N2CCCCC2COc2nccc(N3CCC4(CCN(Cc5ccc(F)cc5)C4=O)CC3)n2)c(C)c1. The Bertz CT molecular complexity index is 1650. The van der Waals surface area contributed by atoms with Crippen molar-refractivity contribution < 1.29 is 27.1 Å². The standard InChI is InChI=1S/C34H42FN5O5S/c1-24-20-29(44-3)21-25(2)31(24)46(42,43)40-16-5-4-6-28(40)23-45-33-36-15-11-30(37-33)38-17-12-34(13-18-38)14-19-39(32(34)41)22-26-7-9-27(35)10-8-26/h7-11,15,20-21,28H,4-6,12-14,16-19,22-23H2,1-3H3. The molecule has 12 heteroatoms. The zero-order chi connectivity index (χ0) is 32.5. The number of anilines is 1. The third kappa shape index (κ3) is 6.42. The van der Waals surface area contributed by atoms with Crippen molar-refractivity contribution >= 4 is 21.7 Å². The first-order valence-electron chi connectivity index (χ1n) is 16.0. The first-order valence-corrected chi connectivity index (χ1v) is 17.5. The molecule has 3 aromatic rings. The summed E-state index contributed by atoms with van der Waals surface area (Å²) in [5, 5.41) is 0. The molecular weight excluding hydrogens is 609 g/mol. The lowest BCUT2D eigenvalue weighted by atomic mass is 9.77. The van der Waals surface area contributed by atoms with Gasteiger partial charge in [-0.2, -0.15) is 9.29 Å². The van der Waals surface area contributed by atoms with Crippen molar-refractivity contribution in [3.8, 4) is 11.8 Å². The molecule has 6 rings (SSSR count). The molecular formula is C34H42FN5O5S. The Kier molecular flexibility index (Phi) is 9.20. The van der Waals surface area contributed by atoms with Gasteiger partial charge in [0.2, 0.25) is 15.9 Å². The van der Waals surface area contributed by atoms with E-state index in [0.29, 0.717) is 60.9 Å². The minimum Gasteiger partial charge on any atom is -0.497 e. The monoisotopic (exact) mass is 651 g/mol. The lowest BCUT2D eigenvalue weighted by Gasteiger charge is -2.38. The van der Waals surface area contributed by atoms with Gasteiger partial charge in [0, 0.05) is 38.9 Å². The second-order valence-corrected chi connectivity index (χ2v) is 14.6. The summed E-state index contributed by atoms with van der Waals surface area (Å²) in [7, 11) is -2.19. The van der Waals surface area contributed by atoms with Crippen LogP contribution in [0.5, 0.6) is 11.8 Å². The molecule has 1 atom stereocenters. The van der Waals surface area contributed by atoms with Crippen molar-refractivity contribution in [1.82, 2.24) is 19.2 Å². The number of hydrogen-bond donors (Lipinski definition) is 0. The van der Waals surface area contributed by atoms with Crippen LogP contribution in [0.25, 0.3) is 0 Å². The summed E-state index contributed by atoms with van der Waals surface area (Å²) in [6.45, 7) is 6.74. The number of methoxy groups -OCH3 is 1. The molecule has 0 bridgehead atoms. The van der Waals surface area contributed by atoms with E-state index in [4.69, 9.17) is 9.47 Å². The number of piperidine rings is 2. The number of likely N-dealkylation sites (tertiary alicyclic amines) is 1. The number of hydrogen-bond acceptors (Lipinski definition) is 8.